The molecule has 11 heteroatoms. The molecule has 0 aromatic heterocycles. The predicted molar refractivity (Wildman–Crippen MR) is 56.9 cm³/mol. The molecule has 0 fully saturated rings. The second-order valence-electron chi connectivity index (χ2n) is 3.08. The van der Waals surface area contributed by atoms with Crippen molar-refractivity contribution in [2.45, 2.75) is 6.61 Å². The minimum absolute atomic E-state index is 0.342. The fourth-order valence-corrected chi connectivity index (χ4v) is 1.37. The van der Waals surface area contributed by atoms with Crippen molar-refractivity contribution in [2.75, 3.05) is 0 Å². The fourth-order valence-electron chi connectivity index (χ4n) is 1.37. The van der Waals surface area contributed by atoms with Gasteiger partial charge in [0.25, 0.3) is 0 Å². The Balaban J connectivity index is 3.58. The van der Waals surface area contributed by atoms with Crippen LogP contribution in [0.25, 0.3) is 0 Å². The fraction of sp³-hybridized carbons (Fsp3) is 0.125. The van der Waals surface area contributed by atoms with Crippen molar-refractivity contribution in [1.82, 2.24) is 0 Å². The van der Waals surface area contributed by atoms with Gasteiger partial charge in [-0.3, -0.25) is 30.3 Å². The molecule has 0 amide bonds. The SMILES string of the molecule is O=[C]OCc1ccc([N+](=O)[O-])c([N+](=O)[O-])c1[N+](=O)[O-]. The van der Waals surface area contributed by atoms with Crippen LogP contribution in [-0.2, 0) is 16.1 Å². The van der Waals surface area contributed by atoms with Crippen LogP contribution in [0.4, 0.5) is 17.1 Å². The summed E-state index contributed by atoms with van der Waals surface area (Å²) in [5.41, 5.74) is -3.71. The third kappa shape index (κ3) is 2.77. The first kappa shape index (κ1) is 14.0. The maximum atomic E-state index is 10.8. The summed E-state index contributed by atoms with van der Waals surface area (Å²) in [6.45, 7) is 0.338. The van der Waals surface area contributed by atoms with Gasteiger partial charge in [0.05, 0.1) is 20.3 Å². The number of hydrogen-bond donors (Lipinski definition) is 0. The Morgan fingerprint density at radius 3 is 2.00 bits per heavy atom. The second kappa shape index (κ2) is 5.48. The molecule has 0 aliphatic carbocycles. The normalized spacial score (nSPS) is 9.68. The molecule has 0 aliphatic rings. The van der Waals surface area contributed by atoms with Gasteiger partial charge in [0.1, 0.15) is 6.61 Å². The molecule has 1 rings (SSSR count). The topological polar surface area (TPSA) is 156 Å². The minimum atomic E-state index is -1.26. The van der Waals surface area contributed by atoms with E-state index in [1.54, 1.807) is 0 Å². The third-order valence-electron chi connectivity index (χ3n) is 2.06. The van der Waals surface area contributed by atoms with E-state index >= 15 is 0 Å². The summed E-state index contributed by atoms with van der Waals surface area (Å²) in [4.78, 5) is 38.6. The molecule has 11 nitrogen and oxygen atoms in total. The highest BCUT2D eigenvalue weighted by molar-refractivity contribution is 5.69. The Morgan fingerprint density at radius 2 is 1.58 bits per heavy atom. The van der Waals surface area contributed by atoms with E-state index < -0.39 is 38.4 Å². The van der Waals surface area contributed by atoms with Crippen LogP contribution < -0.4 is 0 Å². The summed E-state index contributed by atoms with van der Waals surface area (Å²) in [5, 5.41) is 32.2. The van der Waals surface area contributed by atoms with Gasteiger partial charge in [0.2, 0.25) is 0 Å². The Morgan fingerprint density at radius 1 is 1.00 bits per heavy atom. The average Bonchev–Trinajstić information content (AvgIpc) is 2.34. The van der Waals surface area contributed by atoms with Gasteiger partial charge in [-0.15, -0.1) is 0 Å². The number of rotatable bonds is 6. The zero-order chi connectivity index (χ0) is 14.6. The molecule has 0 spiro atoms. The molecule has 0 atom stereocenters. The highest BCUT2D eigenvalue weighted by Crippen LogP contribution is 2.38. The standard InChI is InChI=1S/C8H4N3O8/c12-4-19-3-5-1-2-6(9(13)14)8(11(17)18)7(5)10(15)16/h1-2H,3H2. The number of nitrogens with zero attached hydrogens (tertiary/aromatic N) is 3. The summed E-state index contributed by atoms with van der Waals surface area (Å²) in [7, 11) is 0. The molecule has 1 radical (unpaired) electrons. The molecule has 0 saturated heterocycles. The zero-order valence-corrected chi connectivity index (χ0v) is 8.97. The van der Waals surface area contributed by atoms with Crippen LogP contribution in [-0.4, -0.2) is 21.2 Å². The molecular formula is C8H4N3O8. The summed E-state index contributed by atoms with van der Waals surface area (Å²) in [6, 6.07) is 1.63. The molecule has 0 N–H and O–H groups in total. The predicted octanol–water partition coefficient (Wildman–Crippen LogP) is 0.995. The largest absolute Gasteiger partial charge is 0.452 e. The van der Waals surface area contributed by atoms with Crippen molar-refractivity contribution < 1.29 is 24.3 Å². The molecule has 19 heavy (non-hydrogen) atoms. The number of carbonyl (C=O) groups excluding carboxylic acids is 1. The molecule has 0 aliphatic heterocycles. The Kier molecular flexibility index (Phi) is 4.03. The number of benzene rings is 1. The number of hydrogen-bond acceptors (Lipinski definition) is 8. The van der Waals surface area contributed by atoms with Gasteiger partial charge in [-0.1, -0.05) is 0 Å². The summed E-state index contributed by atoms with van der Waals surface area (Å²) in [5.74, 6) is 0. The van der Waals surface area contributed by atoms with Gasteiger partial charge < -0.3 is 4.74 Å². The van der Waals surface area contributed by atoms with E-state index in [1.165, 1.54) is 0 Å². The average molecular weight is 270 g/mol. The van der Waals surface area contributed by atoms with Gasteiger partial charge in [-0.05, 0) is 6.07 Å². The Bertz CT molecular complexity index is 569. The second-order valence-corrected chi connectivity index (χ2v) is 3.08. The number of nitro groups is 3. The molecular weight excluding hydrogens is 266 g/mol. The highest BCUT2D eigenvalue weighted by atomic mass is 16.6. The molecule has 0 unspecified atom stereocenters. The number of ether oxygens (including phenoxy) is 1. The van der Waals surface area contributed by atoms with Gasteiger partial charge in [0.15, 0.2) is 0 Å². The zero-order valence-electron chi connectivity index (χ0n) is 8.97. The van der Waals surface area contributed by atoms with Crippen LogP contribution in [0, 0.1) is 30.3 Å². The summed E-state index contributed by atoms with van der Waals surface area (Å²) < 4.78 is 4.14. The quantitative estimate of drug-likeness (QED) is 0.547. The van der Waals surface area contributed by atoms with E-state index in [9.17, 15) is 35.1 Å². The van der Waals surface area contributed by atoms with Crippen molar-refractivity contribution in [3.05, 3.63) is 48.0 Å². The Labute approximate surface area is 103 Å². The smallest absolute Gasteiger partial charge is 0.422 e. The summed E-state index contributed by atoms with van der Waals surface area (Å²) >= 11 is 0. The molecule has 99 valence electrons. The van der Waals surface area contributed by atoms with Crippen molar-refractivity contribution in [3.63, 3.8) is 0 Å². The van der Waals surface area contributed by atoms with E-state index in [1.807, 2.05) is 0 Å². The van der Waals surface area contributed by atoms with Crippen molar-refractivity contribution in [3.8, 4) is 0 Å². The maximum absolute atomic E-state index is 10.8. The lowest BCUT2D eigenvalue weighted by atomic mass is 10.1. The van der Waals surface area contributed by atoms with Crippen LogP contribution in [0.3, 0.4) is 0 Å². The minimum Gasteiger partial charge on any atom is -0.452 e. The third-order valence-corrected chi connectivity index (χ3v) is 2.06. The maximum Gasteiger partial charge on any atom is 0.422 e. The van der Waals surface area contributed by atoms with Crippen LogP contribution in [0.2, 0.25) is 0 Å². The van der Waals surface area contributed by atoms with Crippen molar-refractivity contribution in [2.24, 2.45) is 0 Å². The van der Waals surface area contributed by atoms with E-state index in [-0.39, 0.29) is 5.56 Å². The molecule has 1 aromatic carbocycles. The first-order chi connectivity index (χ1) is 8.90. The van der Waals surface area contributed by atoms with Crippen LogP contribution in [0.15, 0.2) is 12.1 Å². The summed E-state index contributed by atoms with van der Waals surface area (Å²) in [6.07, 6.45) is 0. The first-order valence-electron chi connectivity index (χ1n) is 4.48. The van der Waals surface area contributed by atoms with Crippen LogP contribution in [0.5, 0.6) is 0 Å². The van der Waals surface area contributed by atoms with Crippen LogP contribution in [0.1, 0.15) is 5.56 Å². The van der Waals surface area contributed by atoms with Crippen molar-refractivity contribution >= 4 is 23.5 Å². The first-order valence-corrected chi connectivity index (χ1v) is 4.48. The lowest BCUT2D eigenvalue weighted by molar-refractivity contribution is -0.441. The Hall–Kier alpha value is -3.11. The van der Waals surface area contributed by atoms with Gasteiger partial charge in [-0.2, -0.15) is 0 Å². The molecule has 0 heterocycles. The van der Waals surface area contributed by atoms with E-state index in [4.69, 9.17) is 0 Å². The van der Waals surface area contributed by atoms with Gasteiger partial charge >= 0.3 is 23.5 Å². The molecule has 1 aromatic rings. The lowest BCUT2D eigenvalue weighted by Crippen LogP contribution is -2.05. The van der Waals surface area contributed by atoms with E-state index in [0.717, 1.165) is 18.6 Å². The highest BCUT2D eigenvalue weighted by Gasteiger charge is 2.38. The number of nitro benzene ring substituents is 3. The van der Waals surface area contributed by atoms with Gasteiger partial charge in [0, 0.05) is 6.07 Å². The van der Waals surface area contributed by atoms with Gasteiger partial charge in [-0.25, -0.2) is 4.79 Å². The van der Waals surface area contributed by atoms with Crippen LogP contribution >= 0.6 is 0 Å². The van der Waals surface area contributed by atoms with E-state index in [0.29, 0.717) is 0 Å². The monoisotopic (exact) mass is 270 g/mol. The lowest BCUT2D eigenvalue weighted by Gasteiger charge is -2.02. The van der Waals surface area contributed by atoms with Crippen molar-refractivity contribution in [1.29, 1.82) is 0 Å². The van der Waals surface area contributed by atoms with E-state index in [2.05, 4.69) is 4.74 Å². The molecule has 0 bridgehead atoms. The molecule has 0 saturated carbocycles.